The minimum Gasteiger partial charge on any atom is -0.337 e. The van der Waals surface area contributed by atoms with E-state index in [9.17, 15) is 0 Å². The highest BCUT2D eigenvalue weighted by atomic mass is 16.5. The number of benzene rings is 1. The van der Waals surface area contributed by atoms with E-state index in [0.717, 1.165) is 30.9 Å². The Morgan fingerprint density at radius 2 is 2.08 bits per heavy atom. The molecule has 4 rings (SSSR count). The van der Waals surface area contributed by atoms with Crippen molar-refractivity contribution in [3.05, 3.63) is 54.4 Å². The molecule has 2 aromatic heterocycles. The van der Waals surface area contributed by atoms with Gasteiger partial charge in [0.2, 0.25) is 11.7 Å². The van der Waals surface area contributed by atoms with E-state index in [1.807, 2.05) is 49.8 Å². The highest BCUT2D eigenvalue weighted by molar-refractivity contribution is 5.53. The Balaban J connectivity index is 1.57. The van der Waals surface area contributed by atoms with Gasteiger partial charge in [-0.15, -0.1) is 0 Å². The van der Waals surface area contributed by atoms with Crippen molar-refractivity contribution in [1.82, 2.24) is 24.6 Å². The molecule has 124 valence electrons. The summed E-state index contributed by atoms with van der Waals surface area (Å²) in [6.07, 6.45) is 7.25. The average Bonchev–Trinajstić information content (AvgIpc) is 3.26. The van der Waals surface area contributed by atoms with Gasteiger partial charge in [0.15, 0.2) is 0 Å². The Bertz CT molecular complexity index is 795. The molecule has 0 N–H and O–H groups in total. The zero-order chi connectivity index (χ0) is 16.4. The van der Waals surface area contributed by atoms with E-state index in [1.165, 1.54) is 12.8 Å². The van der Waals surface area contributed by atoms with Crippen LogP contribution in [0.25, 0.3) is 11.4 Å². The van der Waals surface area contributed by atoms with Crippen LogP contribution in [0, 0.1) is 0 Å². The lowest BCUT2D eigenvalue weighted by Crippen LogP contribution is -2.34. The maximum atomic E-state index is 5.61. The van der Waals surface area contributed by atoms with E-state index in [1.54, 1.807) is 0 Å². The number of hydrogen-bond donors (Lipinski definition) is 0. The zero-order valence-corrected chi connectivity index (χ0v) is 13.8. The van der Waals surface area contributed by atoms with Gasteiger partial charge in [-0.25, -0.2) is 4.98 Å². The Hall–Kier alpha value is -2.47. The van der Waals surface area contributed by atoms with Crippen LogP contribution in [0.2, 0.25) is 0 Å². The molecule has 0 amide bonds. The van der Waals surface area contributed by atoms with Crippen LogP contribution in [0.3, 0.4) is 0 Å². The smallest absolute Gasteiger partial charge is 0.244 e. The number of aryl methyl sites for hydroxylation is 1. The fourth-order valence-corrected chi connectivity index (χ4v) is 3.27. The highest BCUT2D eigenvalue weighted by Crippen LogP contribution is 2.32. The van der Waals surface area contributed by atoms with Crippen molar-refractivity contribution in [2.24, 2.45) is 7.05 Å². The van der Waals surface area contributed by atoms with Crippen LogP contribution in [-0.4, -0.2) is 31.1 Å². The molecule has 1 fully saturated rings. The number of nitrogens with zero attached hydrogens (tertiary/aromatic N) is 5. The number of aromatic nitrogens is 4. The minimum atomic E-state index is 0.167. The summed E-state index contributed by atoms with van der Waals surface area (Å²) in [5.41, 5.74) is 0.985. The van der Waals surface area contributed by atoms with Crippen LogP contribution in [0.15, 0.2) is 47.2 Å². The molecule has 24 heavy (non-hydrogen) atoms. The third kappa shape index (κ3) is 2.97. The number of imidazole rings is 1. The van der Waals surface area contributed by atoms with E-state index in [-0.39, 0.29) is 6.04 Å². The molecule has 3 heterocycles. The Morgan fingerprint density at radius 3 is 2.88 bits per heavy atom. The Kier molecular flexibility index (Phi) is 4.13. The third-order valence-electron chi connectivity index (χ3n) is 4.64. The largest absolute Gasteiger partial charge is 0.337 e. The summed E-state index contributed by atoms with van der Waals surface area (Å²) < 4.78 is 7.67. The molecular weight excluding hydrogens is 302 g/mol. The van der Waals surface area contributed by atoms with Gasteiger partial charge in [-0.2, -0.15) is 4.98 Å². The van der Waals surface area contributed by atoms with Crippen molar-refractivity contribution in [3.8, 4) is 11.4 Å². The van der Waals surface area contributed by atoms with Crippen LogP contribution >= 0.6 is 0 Å². The number of hydrogen-bond acceptors (Lipinski definition) is 5. The fraction of sp³-hybridized carbons (Fsp3) is 0.389. The normalized spacial score (nSPS) is 18.8. The topological polar surface area (TPSA) is 60.0 Å². The Labute approximate surface area is 141 Å². The van der Waals surface area contributed by atoms with Gasteiger partial charge in [0.1, 0.15) is 5.82 Å². The lowest BCUT2D eigenvalue weighted by molar-refractivity contribution is 0.107. The maximum Gasteiger partial charge on any atom is 0.244 e. The summed E-state index contributed by atoms with van der Waals surface area (Å²) in [5.74, 6) is 2.43. The predicted molar refractivity (Wildman–Crippen MR) is 89.9 cm³/mol. The van der Waals surface area contributed by atoms with Crippen molar-refractivity contribution in [2.45, 2.75) is 31.8 Å². The molecule has 1 aliphatic rings. The van der Waals surface area contributed by atoms with Crippen molar-refractivity contribution in [1.29, 1.82) is 0 Å². The van der Waals surface area contributed by atoms with Crippen LogP contribution in [0.4, 0.5) is 0 Å². The monoisotopic (exact) mass is 323 g/mol. The molecule has 3 aromatic rings. The maximum absolute atomic E-state index is 5.61. The SMILES string of the molecule is Cn1ccnc1CN1CCCC[C@@H]1c1nc(-c2ccccc2)no1. The van der Waals surface area contributed by atoms with E-state index in [0.29, 0.717) is 11.7 Å². The van der Waals surface area contributed by atoms with E-state index in [2.05, 4.69) is 24.6 Å². The van der Waals surface area contributed by atoms with Crippen molar-refractivity contribution < 1.29 is 4.52 Å². The quantitative estimate of drug-likeness (QED) is 0.738. The van der Waals surface area contributed by atoms with Crippen LogP contribution in [-0.2, 0) is 13.6 Å². The summed E-state index contributed by atoms with van der Waals surface area (Å²) in [6, 6.07) is 10.1. The average molecular weight is 323 g/mol. The van der Waals surface area contributed by atoms with E-state index < -0.39 is 0 Å². The van der Waals surface area contributed by atoms with Gasteiger partial charge in [0.05, 0.1) is 12.6 Å². The molecule has 6 heteroatoms. The lowest BCUT2D eigenvalue weighted by Gasteiger charge is -2.32. The Morgan fingerprint density at radius 1 is 1.21 bits per heavy atom. The molecule has 0 spiro atoms. The molecule has 1 aliphatic heterocycles. The van der Waals surface area contributed by atoms with E-state index in [4.69, 9.17) is 4.52 Å². The van der Waals surface area contributed by atoms with Gasteiger partial charge in [-0.1, -0.05) is 41.9 Å². The summed E-state index contributed by atoms with van der Waals surface area (Å²) in [7, 11) is 2.03. The van der Waals surface area contributed by atoms with Crippen LogP contribution in [0.1, 0.15) is 37.0 Å². The molecule has 0 bridgehead atoms. The van der Waals surface area contributed by atoms with Gasteiger partial charge >= 0.3 is 0 Å². The molecule has 6 nitrogen and oxygen atoms in total. The number of rotatable bonds is 4. The minimum absolute atomic E-state index is 0.167. The first kappa shape index (κ1) is 15.1. The summed E-state index contributed by atoms with van der Waals surface area (Å²) in [5, 5.41) is 4.18. The summed E-state index contributed by atoms with van der Waals surface area (Å²) in [4.78, 5) is 11.5. The van der Waals surface area contributed by atoms with Crippen LogP contribution in [0.5, 0.6) is 0 Å². The first-order chi connectivity index (χ1) is 11.8. The second-order valence-corrected chi connectivity index (χ2v) is 6.26. The number of likely N-dealkylation sites (tertiary alicyclic amines) is 1. The molecule has 0 radical (unpaired) electrons. The van der Waals surface area contributed by atoms with Crippen molar-refractivity contribution >= 4 is 0 Å². The lowest BCUT2D eigenvalue weighted by atomic mass is 10.0. The third-order valence-corrected chi connectivity index (χ3v) is 4.64. The summed E-state index contributed by atoms with van der Waals surface area (Å²) >= 11 is 0. The first-order valence-electron chi connectivity index (χ1n) is 8.40. The van der Waals surface area contributed by atoms with Gasteiger partial charge in [0.25, 0.3) is 0 Å². The second-order valence-electron chi connectivity index (χ2n) is 6.26. The molecule has 0 aliphatic carbocycles. The van der Waals surface area contributed by atoms with Crippen molar-refractivity contribution in [3.63, 3.8) is 0 Å². The van der Waals surface area contributed by atoms with E-state index >= 15 is 0 Å². The molecular formula is C18H21N5O. The molecule has 1 aromatic carbocycles. The second kappa shape index (κ2) is 6.57. The molecule has 0 saturated carbocycles. The molecule has 1 saturated heterocycles. The fourth-order valence-electron chi connectivity index (χ4n) is 3.27. The van der Waals surface area contributed by atoms with Crippen LogP contribution < -0.4 is 0 Å². The van der Waals surface area contributed by atoms with Gasteiger partial charge in [0, 0.05) is 25.0 Å². The van der Waals surface area contributed by atoms with Gasteiger partial charge in [-0.05, 0) is 19.4 Å². The van der Waals surface area contributed by atoms with Gasteiger partial charge in [-0.3, -0.25) is 4.90 Å². The first-order valence-corrected chi connectivity index (χ1v) is 8.40. The van der Waals surface area contributed by atoms with Crippen molar-refractivity contribution in [2.75, 3.05) is 6.54 Å². The standard InChI is InChI=1S/C18H21N5O/c1-22-12-10-19-16(22)13-23-11-6-5-9-15(23)18-20-17(21-24-18)14-7-3-2-4-8-14/h2-4,7-8,10,12,15H,5-6,9,11,13H2,1H3/t15-/m1/s1. The zero-order valence-electron chi connectivity index (χ0n) is 13.8. The number of piperidine rings is 1. The summed E-state index contributed by atoms with van der Waals surface area (Å²) in [6.45, 7) is 1.83. The highest BCUT2D eigenvalue weighted by Gasteiger charge is 2.29. The molecule has 0 unspecified atom stereocenters. The van der Waals surface area contributed by atoms with Gasteiger partial charge < -0.3 is 9.09 Å². The molecule has 1 atom stereocenters. The predicted octanol–water partition coefficient (Wildman–Crippen LogP) is 3.20.